The Kier molecular flexibility index (Phi) is 5.99. The molecule has 1 aliphatic heterocycles. The number of fused-ring (bicyclic) bond motifs is 1. The van der Waals surface area contributed by atoms with Crippen molar-refractivity contribution in [3.05, 3.63) is 65.2 Å². The van der Waals surface area contributed by atoms with Crippen molar-refractivity contribution in [1.29, 1.82) is 0 Å². The summed E-state index contributed by atoms with van der Waals surface area (Å²) in [4.78, 5) is 24.0. The van der Waals surface area contributed by atoms with E-state index in [-0.39, 0.29) is 12.5 Å². The lowest BCUT2D eigenvalue weighted by Gasteiger charge is -2.16. The van der Waals surface area contributed by atoms with Gasteiger partial charge < -0.3 is 10.1 Å². The first-order valence-electron chi connectivity index (χ1n) is 8.93. The molecule has 28 heavy (non-hydrogen) atoms. The van der Waals surface area contributed by atoms with Crippen LogP contribution in [0.5, 0.6) is 0 Å². The number of benzene rings is 2. The van der Waals surface area contributed by atoms with Crippen LogP contribution in [0.2, 0.25) is 0 Å². The third-order valence-corrected chi connectivity index (χ3v) is 5.66. The van der Waals surface area contributed by atoms with E-state index in [9.17, 15) is 18.0 Å². The van der Waals surface area contributed by atoms with Gasteiger partial charge in [0.05, 0.1) is 17.5 Å². The fourth-order valence-electron chi connectivity index (χ4n) is 3.10. The molecule has 148 valence electrons. The number of nitrogens with zero attached hydrogens (tertiary/aromatic N) is 1. The van der Waals surface area contributed by atoms with Crippen molar-refractivity contribution in [1.82, 2.24) is 5.32 Å². The number of rotatable bonds is 7. The number of nitrogens with one attached hydrogen (secondary N) is 1. The minimum Gasteiger partial charge on any atom is -0.452 e. The van der Waals surface area contributed by atoms with Gasteiger partial charge in [0, 0.05) is 13.1 Å². The standard InChI is InChI=1S/C20H22N2O5S/c1-28(25,26)22-12-10-16-13-17(7-8-18(16)22)20(24)27-14-19(23)21-11-9-15-5-3-2-4-6-15/h2-8,13H,9-12,14H2,1H3,(H,21,23). The molecule has 0 saturated heterocycles. The number of sulfonamides is 1. The van der Waals surface area contributed by atoms with E-state index >= 15 is 0 Å². The summed E-state index contributed by atoms with van der Waals surface area (Å²) in [7, 11) is -3.34. The first-order chi connectivity index (χ1) is 13.3. The Hall–Kier alpha value is -2.87. The first kappa shape index (κ1) is 19.9. The molecule has 0 bridgehead atoms. The molecule has 0 spiro atoms. The van der Waals surface area contributed by atoms with Gasteiger partial charge in [-0.3, -0.25) is 9.10 Å². The molecule has 0 unspecified atom stereocenters. The van der Waals surface area contributed by atoms with Crippen LogP contribution >= 0.6 is 0 Å². The van der Waals surface area contributed by atoms with E-state index in [1.165, 1.54) is 10.4 Å². The lowest BCUT2D eigenvalue weighted by Crippen LogP contribution is -2.30. The molecule has 7 nitrogen and oxygen atoms in total. The molecule has 1 aliphatic rings. The van der Waals surface area contributed by atoms with Crippen LogP contribution in [-0.2, 0) is 32.4 Å². The molecule has 1 heterocycles. The number of hydrogen-bond acceptors (Lipinski definition) is 5. The van der Waals surface area contributed by atoms with Crippen molar-refractivity contribution in [3.63, 3.8) is 0 Å². The highest BCUT2D eigenvalue weighted by Gasteiger charge is 2.27. The molecule has 0 saturated carbocycles. The van der Waals surface area contributed by atoms with Gasteiger partial charge in [-0.2, -0.15) is 0 Å². The Morgan fingerprint density at radius 3 is 2.61 bits per heavy atom. The highest BCUT2D eigenvalue weighted by Crippen LogP contribution is 2.30. The van der Waals surface area contributed by atoms with Gasteiger partial charge in [0.25, 0.3) is 5.91 Å². The van der Waals surface area contributed by atoms with Crippen LogP contribution in [-0.4, -0.2) is 46.2 Å². The van der Waals surface area contributed by atoms with Gasteiger partial charge in [0.1, 0.15) is 0 Å². The summed E-state index contributed by atoms with van der Waals surface area (Å²) >= 11 is 0. The number of carbonyl (C=O) groups is 2. The Balaban J connectivity index is 1.49. The molecule has 1 N–H and O–H groups in total. The molecule has 0 atom stereocenters. The summed E-state index contributed by atoms with van der Waals surface area (Å²) in [5.41, 5.74) is 2.76. The van der Waals surface area contributed by atoms with Crippen LogP contribution in [0.1, 0.15) is 21.5 Å². The summed E-state index contributed by atoms with van der Waals surface area (Å²) in [6.45, 7) is 0.456. The molecule has 2 aromatic rings. The monoisotopic (exact) mass is 402 g/mol. The Labute approximate surface area is 164 Å². The van der Waals surface area contributed by atoms with Crippen molar-refractivity contribution < 1.29 is 22.7 Å². The van der Waals surface area contributed by atoms with E-state index in [2.05, 4.69) is 5.32 Å². The zero-order valence-corrected chi connectivity index (χ0v) is 16.4. The SMILES string of the molecule is CS(=O)(=O)N1CCc2cc(C(=O)OCC(=O)NCCc3ccccc3)ccc21. The van der Waals surface area contributed by atoms with Crippen LogP contribution in [0.3, 0.4) is 0 Å². The molecule has 0 radical (unpaired) electrons. The number of hydrogen-bond donors (Lipinski definition) is 1. The van der Waals surface area contributed by atoms with E-state index in [0.29, 0.717) is 37.2 Å². The summed E-state index contributed by atoms with van der Waals surface area (Å²) in [5, 5.41) is 2.71. The lowest BCUT2D eigenvalue weighted by molar-refractivity contribution is -0.124. The normalized spacial score (nSPS) is 13.1. The molecular formula is C20H22N2O5S. The molecule has 3 rings (SSSR count). The second kappa shape index (κ2) is 8.43. The van der Waals surface area contributed by atoms with Gasteiger partial charge in [-0.15, -0.1) is 0 Å². The number of ether oxygens (including phenoxy) is 1. The summed E-state index contributed by atoms with van der Waals surface area (Å²) in [6, 6.07) is 14.5. The Bertz CT molecular complexity index is 973. The van der Waals surface area contributed by atoms with Crippen LogP contribution in [0.25, 0.3) is 0 Å². The summed E-state index contributed by atoms with van der Waals surface area (Å²) in [6.07, 6.45) is 2.38. The second-order valence-corrected chi connectivity index (χ2v) is 8.50. The molecule has 0 aromatic heterocycles. The predicted octanol–water partition coefficient (Wildman–Crippen LogP) is 1.52. The van der Waals surface area contributed by atoms with Crippen LogP contribution in [0.15, 0.2) is 48.5 Å². The maximum Gasteiger partial charge on any atom is 0.338 e. The topological polar surface area (TPSA) is 92.8 Å². The molecule has 0 aliphatic carbocycles. The van der Waals surface area contributed by atoms with E-state index in [1.807, 2.05) is 30.3 Å². The maximum absolute atomic E-state index is 12.2. The van der Waals surface area contributed by atoms with E-state index in [0.717, 1.165) is 17.4 Å². The molecule has 0 fully saturated rings. The molecular weight excluding hydrogens is 380 g/mol. The van der Waals surface area contributed by atoms with Gasteiger partial charge in [-0.1, -0.05) is 30.3 Å². The average Bonchev–Trinajstić information content (AvgIpc) is 3.10. The highest BCUT2D eigenvalue weighted by molar-refractivity contribution is 7.92. The molecule has 8 heteroatoms. The minimum absolute atomic E-state index is 0.297. The van der Waals surface area contributed by atoms with Gasteiger partial charge in [0.15, 0.2) is 6.61 Å². The van der Waals surface area contributed by atoms with Crippen molar-refractivity contribution in [2.75, 3.05) is 30.3 Å². The quantitative estimate of drug-likeness (QED) is 0.709. The largest absolute Gasteiger partial charge is 0.452 e. The number of amides is 1. The van der Waals surface area contributed by atoms with Gasteiger partial charge in [-0.05, 0) is 42.2 Å². The van der Waals surface area contributed by atoms with Gasteiger partial charge in [-0.25, -0.2) is 13.2 Å². The van der Waals surface area contributed by atoms with Gasteiger partial charge >= 0.3 is 5.97 Å². The minimum atomic E-state index is -3.34. The zero-order chi connectivity index (χ0) is 20.1. The first-order valence-corrected chi connectivity index (χ1v) is 10.8. The van der Waals surface area contributed by atoms with Crippen molar-refractivity contribution >= 4 is 27.6 Å². The highest BCUT2D eigenvalue weighted by atomic mass is 32.2. The predicted molar refractivity (Wildman–Crippen MR) is 106 cm³/mol. The average molecular weight is 402 g/mol. The van der Waals surface area contributed by atoms with Crippen molar-refractivity contribution in [2.24, 2.45) is 0 Å². The van der Waals surface area contributed by atoms with Crippen LogP contribution < -0.4 is 9.62 Å². The number of esters is 1. The Morgan fingerprint density at radius 2 is 1.89 bits per heavy atom. The van der Waals surface area contributed by atoms with Crippen LogP contribution in [0.4, 0.5) is 5.69 Å². The molecule has 2 aromatic carbocycles. The van der Waals surface area contributed by atoms with Crippen molar-refractivity contribution in [2.45, 2.75) is 12.8 Å². The Morgan fingerprint density at radius 1 is 1.14 bits per heavy atom. The maximum atomic E-state index is 12.2. The van der Waals surface area contributed by atoms with E-state index in [4.69, 9.17) is 4.74 Å². The molecule has 1 amide bonds. The fraction of sp³-hybridized carbons (Fsp3) is 0.300. The summed E-state index contributed by atoms with van der Waals surface area (Å²) < 4.78 is 29.9. The van der Waals surface area contributed by atoms with E-state index < -0.39 is 16.0 Å². The fourth-order valence-corrected chi connectivity index (χ4v) is 4.06. The summed E-state index contributed by atoms with van der Waals surface area (Å²) in [5.74, 6) is -0.979. The second-order valence-electron chi connectivity index (χ2n) is 6.59. The third kappa shape index (κ3) is 4.89. The van der Waals surface area contributed by atoms with E-state index in [1.54, 1.807) is 12.1 Å². The third-order valence-electron chi connectivity index (χ3n) is 4.48. The number of anilines is 1. The smallest absolute Gasteiger partial charge is 0.338 e. The zero-order valence-electron chi connectivity index (χ0n) is 15.6. The number of carbonyl (C=O) groups excluding carboxylic acids is 2. The van der Waals surface area contributed by atoms with Gasteiger partial charge in [0.2, 0.25) is 10.0 Å². The lowest BCUT2D eigenvalue weighted by atomic mass is 10.1. The van der Waals surface area contributed by atoms with Crippen LogP contribution in [0, 0.1) is 0 Å². The van der Waals surface area contributed by atoms with Crippen molar-refractivity contribution in [3.8, 4) is 0 Å².